The summed E-state index contributed by atoms with van der Waals surface area (Å²) >= 11 is 0. The van der Waals surface area contributed by atoms with E-state index in [-0.39, 0.29) is 11.9 Å². The van der Waals surface area contributed by atoms with Gasteiger partial charge in [0.05, 0.1) is 25.2 Å². The van der Waals surface area contributed by atoms with Gasteiger partial charge in [-0.1, -0.05) is 30.3 Å². The average Bonchev–Trinajstić information content (AvgIpc) is 2.53. The molecule has 4 heteroatoms. The second kappa shape index (κ2) is 5.81. The molecular formula is C18H19NO3. The monoisotopic (exact) mass is 297 g/mol. The van der Waals surface area contributed by atoms with Gasteiger partial charge in [0.25, 0.3) is 0 Å². The lowest BCUT2D eigenvalue weighted by Crippen LogP contribution is -2.59. The van der Waals surface area contributed by atoms with E-state index in [0.29, 0.717) is 0 Å². The van der Waals surface area contributed by atoms with E-state index in [1.165, 1.54) is 0 Å². The van der Waals surface area contributed by atoms with Crippen molar-refractivity contribution in [3.8, 4) is 5.75 Å². The summed E-state index contributed by atoms with van der Waals surface area (Å²) in [4.78, 5) is 14.2. The van der Waals surface area contributed by atoms with Crippen molar-refractivity contribution in [2.75, 3.05) is 12.0 Å². The molecule has 0 spiro atoms. The highest BCUT2D eigenvalue weighted by molar-refractivity contribution is 6.03. The molecule has 1 amide bonds. The number of anilines is 1. The number of hydrogen-bond donors (Lipinski definition) is 1. The normalized spacial score (nSPS) is 22.1. The summed E-state index contributed by atoms with van der Waals surface area (Å²) in [6, 6.07) is 17.1. The number of aliphatic hydroxyl groups is 1. The highest BCUT2D eigenvalue weighted by Gasteiger charge is 2.50. The number of rotatable bonds is 4. The van der Waals surface area contributed by atoms with Crippen molar-refractivity contribution in [2.45, 2.75) is 19.1 Å². The van der Waals surface area contributed by atoms with Crippen LogP contribution in [0.1, 0.15) is 18.5 Å². The quantitative estimate of drug-likeness (QED) is 0.883. The molecule has 0 unspecified atom stereocenters. The van der Waals surface area contributed by atoms with Crippen molar-refractivity contribution >= 4 is 11.6 Å². The summed E-state index contributed by atoms with van der Waals surface area (Å²) < 4.78 is 5.15. The van der Waals surface area contributed by atoms with Crippen LogP contribution in [0, 0.1) is 5.92 Å². The number of nitrogens with zero attached hydrogens (tertiary/aromatic N) is 1. The Bertz CT molecular complexity index is 652. The number of carbonyl (C=O) groups is 1. The zero-order valence-electron chi connectivity index (χ0n) is 12.6. The van der Waals surface area contributed by atoms with Crippen LogP contribution < -0.4 is 9.64 Å². The van der Waals surface area contributed by atoms with Gasteiger partial charge in [0.1, 0.15) is 5.75 Å². The minimum Gasteiger partial charge on any atom is -0.497 e. The maximum atomic E-state index is 12.5. The van der Waals surface area contributed by atoms with Crippen LogP contribution in [0.3, 0.4) is 0 Å². The molecule has 22 heavy (non-hydrogen) atoms. The molecule has 4 nitrogen and oxygen atoms in total. The molecule has 1 aliphatic rings. The Hall–Kier alpha value is -2.33. The van der Waals surface area contributed by atoms with Gasteiger partial charge in [-0.25, -0.2) is 0 Å². The molecule has 0 aromatic heterocycles. The summed E-state index contributed by atoms with van der Waals surface area (Å²) in [5.74, 6) is 0.304. The Morgan fingerprint density at radius 3 is 2.27 bits per heavy atom. The van der Waals surface area contributed by atoms with Gasteiger partial charge in [0.2, 0.25) is 5.91 Å². The molecule has 0 bridgehead atoms. The molecule has 1 N–H and O–H groups in total. The van der Waals surface area contributed by atoms with Crippen LogP contribution >= 0.6 is 0 Å². The van der Waals surface area contributed by atoms with Crippen molar-refractivity contribution in [2.24, 2.45) is 5.92 Å². The predicted octanol–water partition coefficient (Wildman–Crippen LogP) is 2.78. The van der Waals surface area contributed by atoms with Crippen LogP contribution in [0.15, 0.2) is 54.6 Å². The van der Waals surface area contributed by atoms with E-state index in [1.54, 1.807) is 18.9 Å². The fourth-order valence-electron chi connectivity index (χ4n) is 3.02. The van der Waals surface area contributed by atoms with Gasteiger partial charge in [-0.15, -0.1) is 0 Å². The molecule has 1 saturated heterocycles. The first kappa shape index (κ1) is 14.6. The van der Waals surface area contributed by atoms with Gasteiger partial charge < -0.3 is 14.7 Å². The average molecular weight is 297 g/mol. The number of amides is 1. The van der Waals surface area contributed by atoms with E-state index >= 15 is 0 Å². The van der Waals surface area contributed by atoms with Crippen LogP contribution in [0.25, 0.3) is 0 Å². The molecule has 0 saturated carbocycles. The number of methoxy groups -OCH3 is 1. The Labute approximate surface area is 130 Å². The number of aliphatic hydroxyl groups excluding tert-OH is 1. The van der Waals surface area contributed by atoms with E-state index in [1.807, 2.05) is 54.6 Å². The molecule has 3 atom stereocenters. The number of carbonyl (C=O) groups excluding carboxylic acids is 1. The molecule has 1 aliphatic heterocycles. The first-order valence-corrected chi connectivity index (χ1v) is 7.33. The van der Waals surface area contributed by atoms with E-state index < -0.39 is 12.0 Å². The SMILES string of the molecule is COc1ccc(N2C(=O)[C@H]([C@H](C)O)[C@@H]2c2ccccc2)cc1. The van der Waals surface area contributed by atoms with Crippen LogP contribution in [0.2, 0.25) is 0 Å². The third kappa shape index (κ3) is 2.35. The highest BCUT2D eigenvalue weighted by Crippen LogP contribution is 2.45. The van der Waals surface area contributed by atoms with Gasteiger partial charge >= 0.3 is 0 Å². The Kier molecular flexibility index (Phi) is 3.86. The minimum atomic E-state index is -0.674. The molecule has 0 aliphatic carbocycles. The topological polar surface area (TPSA) is 49.8 Å². The maximum Gasteiger partial charge on any atom is 0.235 e. The van der Waals surface area contributed by atoms with Crippen LogP contribution in [0.4, 0.5) is 5.69 Å². The molecule has 114 valence electrons. The Morgan fingerprint density at radius 1 is 1.09 bits per heavy atom. The van der Waals surface area contributed by atoms with Crippen LogP contribution in [0.5, 0.6) is 5.75 Å². The lowest BCUT2D eigenvalue weighted by molar-refractivity contribution is -0.135. The number of benzene rings is 2. The second-order valence-corrected chi connectivity index (χ2v) is 5.53. The first-order valence-electron chi connectivity index (χ1n) is 7.33. The summed E-state index contributed by atoms with van der Waals surface area (Å²) in [5.41, 5.74) is 1.85. The lowest BCUT2D eigenvalue weighted by atomic mass is 9.78. The predicted molar refractivity (Wildman–Crippen MR) is 84.8 cm³/mol. The van der Waals surface area contributed by atoms with E-state index in [4.69, 9.17) is 4.74 Å². The molecule has 2 aromatic rings. The molecule has 0 radical (unpaired) electrons. The molecule has 2 aromatic carbocycles. The van der Waals surface area contributed by atoms with E-state index in [2.05, 4.69) is 0 Å². The molecule has 1 fully saturated rings. The zero-order valence-corrected chi connectivity index (χ0v) is 12.6. The van der Waals surface area contributed by atoms with Gasteiger partial charge in [0.15, 0.2) is 0 Å². The fraction of sp³-hybridized carbons (Fsp3) is 0.278. The second-order valence-electron chi connectivity index (χ2n) is 5.53. The fourth-order valence-corrected chi connectivity index (χ4v) is 3.02. The summed E-state index contributed by atoms with van der Waals surface area (Å²) in [6.07, 6.45) is -0.674. The Morgan fingerprint density at radius 2 is 1.73 bits per heavy atom. The zero-order chi connectivity index (χ0) is 15.7. The van der Waals surface area contributed by atoms with Crippen LogP contribution in [-0.4, -0.2) is 24.2 Å². The summed E-state index contributed by atoms with van der Waals surface area (Å²) in [5, 5.41) is 9.95. The van der Waals surface area contributed by atoms with Crippen molar-refractivity contribution in [3.05, 3.63) is 60.2 Å². The smallest absolute Gasteiger partial charge is 0.235 e. The molecule has 1 heterocycles. The third-order valence-electron chi connectivity index (χ3n) is 4.15. The number of hydrogen-bond acceptors (Lipinski definition) is 3. The highest BCUT2D eigenvalue weighted by atomic mass is 16.5. The van der Waals surface area contributed by atoms with Gasteiger partial charge in [-0.2, -0.15) is 0 Å². The van der Waals surface area contributed by atoms with E-state index in [0.717, 1.165) is 17.0 Å². The standard InChI is InChI=1S/C18H19NO3/c1-12(20)16-17(13-6-4-3-5-7-13)19(18(16)21)14-8-10-15(22-2)11-9-14/h3-12,16-17,20H,1-2H3/t12-,16+,17-/m0/s1. The summed E-state index contributed by atoms with van der Waals surface area (Å²) in [6.45, 7) is 1.67. The van der Waals surface area contributed by atoms with Crippen molar-refractivity contribution in [1.82, 2.24) is 0 Å². The number of ether oxygens (including phenoxy) is 1. The Balaban J connectivity index is 1.96. The van der Waals surface area contributed by atoms with Crippen molar-refractivity contribution in [1.29, 1.82) is 0 Å². The van der Waals surface area contributed by atoms with Crippen molar-refractivity contribution < 1.29 is 14.6 Å². The first-order chi connectivity index (χ1) is 10.6. The maximum absolute atomic E-state index is 12.5. The van der Waals surface area contributed by atoms with Gasteiger partial charge in [-0.3, -0.25) is 4.79 Å². The molecular weight excluding hydrogens is 278 g/mol. The third-order valence-corrected chi connectivity index (χ3v) is 4.15. The molecule has 3 rings (SSSR count). The number of β-lactam (4-membered cyclic amide) rings is 1. The van der Waals surface area contributed by atoms with E-state index in [9.17, 15) is 9.90 Å². The van der Waals surface area contributed by atoms with Crippen LogP contribution in [-0.2, 0) is 4.79 Å². The summed E-state index contributed by atoms with van der Waals surface area (Å²) in [7, 11) is 1.61. The van der Waals surface area contributed by atoms with Gasteiger partial charge in [0, 0.05) is 5.69 Å². The van der Waals surface area contributed by atoms with Crippen molar-refractivity contribution in [3.63, 3.8) is 0 Å². The van der Waals surface area contributed by atoms with Gasteiger partial charge in [-0.05, 0) is 36.8 Å². The largest absolute Gasteiger partial charge is 0.497 e. The minimum absolute atomic E-state index is 0.0472. The lowest BCUT2D eigenvalue weighted by Gasteiger charge is -2.48.